The van der Waals surface area contributed by atoms with E-state index in [2.05, 4.69) is 35.4 Å². The van der Waals surface area contributed by atoms with Crippen molar-refractivity contribution in [2.75, 3.05) is 28.4 Å². The zero-order valence-electron chi connectivity index (χ0n) is 16.4. The highest BCUT2D eigenvalue weighted by Crippen LogP contribution is 2.35. The minimum Gasteiger partial charge on any atom is -0.360 e. The standard InChI is InChI=1S/C16H38O4S2Si2/c1-7-9-11-13(23-15(17-3)18-4)21-22-14(12-10-8-2)24-16(19-5)20-6/h13-16H,7-12,23-24H2,1-6H3. The minimum atomic E-state index is -0.430. The van der Waals surface area contributed by atoms with Crippen LogP contribution in [0.25, 0.3) is 0 Å². The number of methoxy groups -OCH3 is 4. The Labute approximate surface area is 161 Å². The molecule has 0 heterocycles. The number of ether oxygens (including phenoxy) is 4. The zero-order chi connectivity index (χ0) is 18.2. The summed E-state index contributed by atoms with van der Waals surface area (Å²) in [6.07, 6.45) is 7.66. The molecule has 24 heavy (non-hydrogen) atoms. The molecule has 0 aromatic rings. The van der Waals surface area contributed by atoms with E-state index < -0.39 is 19.0 Å². The van der Waals surface area contributed by atoms with Crippen molar-refractivity contribution in [1.82, 2.24) is 0 Å². The molecule has 8 heteroatoms. The van der Waals surface area contributed by atoms with Gasteiger partial charge in [0, 0.05) is 38.2 Å². The molecule has 0 aromatic heterocycles. The predicted molar refractivity (Wildman–Crippen MR) is 115 cm³/mol. The first-order valence-corrected chi connectivity index (χ1v) is 14.6. The second-order valence-electron chi connectivity index (χ2n) is 5.99. The first-order chi connectivity index (χ1) is 11.6. The fourth-order valence-corrected chi connectivity index (χ4v) is 11.9. The lowest BCUT2D eigenvalue weighted by atomic mass is 10.3. The highest BCUT2D eigenvalue weighted by atomic mass is 33.1. The van der Waals surface area contributed by atoms with Crippen molar-refractivity contribution in [3.8, 4) is 0 Å². The van der Waals surface area contributed by atoms with Gasteiger partial charge in [-0.25, -0.2) is 0 Å². The van der Waals surface area contributed by atoms with E-state index in [4.69, 9.17) is 18.9 Å². The topological polar surface area (TPSA) is 36.9 Å². The largest absolute Gasteiger partial charge is 0.360 e. The Bertz CT molecular complexity index is 244. The zero-order valence-corrected chi connectivity index (χ0v) is 20.9. The summed E-state index contributed by atoms with van der Waals surface area (Å²) in [5.74, 6) is 0.0778. The highest BCUT2D eigenvalue weighted by molar-refractivity contribution is 8.77. The Morgan fingerprint density at radius 2 is 1.00 bits per heavy atom. The molecule has 0 rings (SSSR count). The normalized spacial score (nSPS) is 15.5. The van der Waals surface area contributed by atoms with Crippen LogP contribution in [0.1, 0.15) is 52.4 Å². The van der Waals surface area contributed by atoms with Gasteiger partial charge in [0.25, 0.3) is 0 Å². The number of unbranched alkanes of at least 4 members (excludes halogenated alkanes) is 2. The number of rotatable bonds is 17. The molecular formula is C16H38O4S2Si2. The van der Waals surface area contributed by atoms with E-state index in [1.807, 2.05) is 0 Å². The molecule has 0 aromatic carbocycles. The third-order valence-electron chi connectivity index (χ3n) is 4.05. The summed E-state index contributed by atoms with van der Waals surface area (Å²) in [7, 11) is 10.3. The van der Waals surface area contributed by atoms with Crippen LogP contribution in [0, 0.1) is 0 Å². The smallest absolute Gasteiger partial charge is 0.135 e. The van der Waals surface area contributed by atoms with Crippen molar-refractivity contribution in [1.29, 1.82) is 0 Å². The van der Waals surface area contributed by atoms with Gasteiger partial charge in [-0.1, -0.05) is 61.1 Å². The summed E-state index contributed by atoms with van der Waals surface area (Å²) in [5, 5.41) is 0. The summed E-state index contributed by atoms with van der Waals surface area (Å²) in [6, 6.07) is 0. The molecule has 0 spiro atoms. The third kappa shape index (κ3) is 12.3. The fourth-order valence-electron chi connectivity index (χ4n) is 2.44. The molecule has 0 bridgehead atoms. The maximum absolute atomic E-state index is 5.47. The monoisotopic (exact) mass is 414 g/mol. The average Bonchev–Trinajstić information content (AvgIpc) is 2.62. The number of hydrogen-bond donors (Lipinski definition) is 0. The predicted octanol–water partition coefficient (Wildman–Crippen LogP) is 2.89. The van der Waals surface area contributed by atoms with Crippen LogP contribution in [0.2, 0.25) is 0 Å². The van der Waals surface area contributed by atoms with Crippen LogP contribution in [0.15, 0.2) is 0 Å². The second kappa shape index (κ2) is 17.4. The van der Waals surface area contributed by atoms with Crippen molar-refractivity contribution in [3.63, 3.8) is 0 Å². The Kier molecular flexibility index (Phi) is 18.1. The fraction of sp³-hybridized carbons (Fsp3) is 1.00. The molecule has 2 unspecified atom stereocenters. The first-order valence-electron chi connectivity index (χ1n) is 9.08. The molecule has 4 nitrogen and oxygen atoms in total. The first kappa shape index (κ1) is 25.0. The van der Waals surface area contributed by atoms with Crippen molar-refractivity contribution in [2.24, 2.45) is 0 Å². The van der Waals surface area contributed by atoms with Gasteiger partial charge in [-0.2, -0.15) is 0 Å². The van der Waals surface area contributed by atoms with E-state index in [1.54, 1.807) is 28.4 Å². The van der Waals surface area contributed by atoms with Gasteiger partial charge in [0.1, 0.15) is 30.9 Å². The van der Waals surface area contributed by atoms with Crippen molar-refractivity contribution < 1.29 is 18.9 Å². The van der Waals surface area contributed by atoms with Gasteiger partial charge in [0.05, 0.1) is 0 Å². The highest BCUT2D eigenvalue weighted by Gasteiger charge is 2.22. The van der Waals surface area contributed by atoms with E-state index in [0.717, 1.165) is 0 Å². The van der Waals surface area contributed by atoms with Gasteiger partial charge in [0.2, 0.25) is 0 Å². The second-order valence-corrected chi connectivity index (χ2v) is 14.3. The van der Waals surface area contributed by atoms with Crippen LogP contribution in [0.4, 0.5) is 0 Å². The van der Waals surface area contributed by atoms with Crippen molar-refractivity contribution >= 4 is 40.6 Å². The average molecular weight is 415 g/mol. The Balaban J connectivity index is 4.56. The molecule has 0 saturated heterocycles. The summed E-state index contributed by atoms with van der Waals surface area (Å²) in [5.41, 5.74) is 0. The molecule has 0 fully saturated rings. The van der Waals surface area contributed by atoms with Crippen molar-refractivity contribution in [2.45, 2.75) is 73.9 Å². The Hall–Kier alpha value is 0.974. The van der Waals surface area contributed by atoms with Crippen LogP contribution >= 0.6 is 21.6 Å². The molecule has 0 amide bonds. The summed E-state index contributed by atoms with van der Waals surface area (Å²) in [6.45, 7) is 4.53. The van der Waals surface area contributed by atoms with Crippen molar-refractivity contribution in [3.05, 3.63) is 0 Å². The van der Waals surface area contributed by atoms with E-state index in [1.165, 1.54) is 38.5 Å². The SMILES string of the molecule is CCCCC([SiH2]C(OC)OC)SSC(CCCC)[SiH2]C(OC)OC. The molecule has 0 aliphatic rings. The van der Waals surface area contributed by atoms with Gasteiger partial charge in [0.15, 0.2) is 0 Å². The number of hydrogen-bond acceptors (Lipinski definition) is 6. The summed E-state index contributed by atoms with van der Waals surface area (Å²) >= 11 is 0. The quantitative estimate of drug-likeness (QED) is 0.207. The van der Waals surface area contributed by atoms with Crippen LogP contribution in [-0.2, 0) is 18.9 Å². The molecule has 0 N–H and O–H groups in total. The van der Waals surface area contributed by atoms with Crippen LogP contribution in [-0.4, -0.2) is 69.1 Å². The van der Waals surface area contributed by atoms with E-state index in [0.29, 0.717) is 9.75 Å². The van der Waals surface area contributed by atoms with Crippen LogP contribution < -0.4 is 0 Å². The van der Waals surface area contributed by atoms with Gasteiger partial charge in [-0.05, 0) is 12.8 Å². The third-order valence-corrected chi connectivity index (χ3v) is 14.7. The van der Waals surface area contributed by atoms with E-state index >= 15 is 0 Å². The summed E-state index contributed by atoms with van der Waals surface area (Å²) in [4.78, 5) is 1.42. The van der Waals surface area contributed by atoms with Gasteiger partial charge in [-0.3, -0.25) is 0 Å². The lowest BCUT2D eigenvalue weighted by molar-refractivity contribution is -0.0444. The van der Waals surface area contributed by atoms with Gasteiger partial charge < -0.3 is 18.9 Å². The van der Waals surface area contributed by atoms with Crippen LogP contribution in [0.5, 0.6) is 0 Å². The summed E-state index contributed by atoms with van der Waals surface area (Å²) < 4.78 is 21.9. The molecule has 146 valence electrons. The van der Waals surface area contributed by atoms with E-state index in [-0.39, 0.29) is 11.8 Å². The van der Waals surface area contributed by atoms with Gasteiger partial charge in [-0.15, -0.1) is 0 Å². The molecule has 2 atom stereocenters. The maximum atomic E-state index is 5.47. The molecule has 0 radical (unpaired) electrons. The minimum absolute atomic E-state index is 0.0389. The molecule has 0 saturated carbocycles. The Morgan fingerprint density at radius 1 is 0.667 bits per heavy atom. The van der Waals surface area contributed by atoms with Crippen LogP contribution in [0.3, 0.4) is 0 Å². The Morgan fingerprint density at radius 3 is 1.25 bits per heavy atom. The van der Waals surface area contributed by atoms with E-state index in [9.17, 15) is 0 Å². The maximum Gasteiger partial charge on any atom is 0.135 e. The molecular weight excluding hydrogens is 376 g/mol. The molecule has 0 aliphatic heterocycles. The van der Waals surface area contributed by atoms with Gasteiger partial charge >= 0.3 is 0 Å². The molecule has 0 aliphatic carbocycles. The lowest BCUT2D eigenvalue weighted by Gasteiger charge is -2.24. The lowest BCUT2D eigenvalue weighted by Crippen LogP contribution is -2.31.